The van der Waals surface area contributed by atoms with Crippen LogP contribution in [0.4, 0.5) is 5.69 Å². The van der Waals surface area contributed by atoms with Gasteiger partial charge in [0.1, 0.15) is 0 Å². The van der Waals surface area contributed by atoms with Crippen molar-refractivity contribution in [2.75, 3.05) is 17.7 Å². The SMILES string of the molecule is CCc1ccccc1NC(=O)COC(=O)c1ccccc1SCC(=O)NC(C)C. The zero-order chi connectivity index (χ0) is 21.2. The predicted molar refractivity (Wildman–Crippen MR) is 115 cm³/mol. The van der Waals surface area contributed by atoms with Crippen molar-refractivity contribution in [2.45, 2.75) is 38.1 Å². The average molecular weight is 415 g/mol. The van der Waals surface area contributed by atoms with Crippen molar-refractivity contribution in [2.24, 2.45) is 0 Å². The third-order valence-electron chi connectivity index (χ3n) is 3.92. The lowest BCUT2D eigenvalue weighted by atomic mass is 10.1. The Bertz CT molecular complexity index is 867. The number of nitrogens with one attached hydrogen (secondary N) is 2. The summed E-state index contributed by atoms with van der Waals surface area (Å²) in [5, 5.41) is 5.57. The number of ether oxygens (including phenoxy) is 1. The number of rotatable bonds is 9. The van der Waals surface area contributed by atoms with E-state index in [1.54, 1.807) is 24.3 Å². The van der Waals surface area contributed by atoms with Crippen molar-refractivity contribution in [3.05, 3.63) is 59.7 Å². The van der Waals surface area contributed by atoms with Crippen molar-refractivity contribution in [3.8, 4) is 0 Å². The molecule has 2 amide bonds. The highest BCUT2D eigenvalue weighted by atomic mass is 32.2. The molecular weight excluding hydrogens is 388 g/mol. The van der Waals surface area contributed by atoms with Gasteiger partial charge in [0.05, 0.1) is 11.3 Å². The van der Waals surface area contributed by atoms with Crippen LogP contribution in [0.1, 0.15) is 36.7 Å². The lowest BCUT2D eigenvalue weighted by Crippen LogP contribution is -2.31. The summed E-state index contributed by atoms with van der Waals surface area (Å²) in [7, 11) is 0. The van der Waals surface area contributed by atoms with Gasteiger partial charge < -0.3 is 15.4 Å². The molecule has 0 aromatic heterocycles. The lowest BCUT2D eigenvalue weighted by Gasteiger charge is -2.12. The van der Waals surface area contributed by atoms with Gasteiger partial charge in [-0.1, -0.05) is 37.3 Å². The first-order chi connectivity index (χ1) is 13.9. The van der Waals surface area contributed by atoms with Gasteiger partial charge in [-0.2, -0.15) is 0 Å². The van der Waals surface area contributed by atoms with Crippen LogP contribution in [-0.4, -0.2) is 36.2 Å². The number of esters is 1. The minimum atomic E-state index is -0.601. The largest absolute Gasteiger partial charge is 0.452 e. The summed E-state index contributed by atoms with van der Waals surface area (Å²) in [6.45, 7) is 5.39. The number of anilines is 1. The first kappa shape index (κ1) is 22.5. The van der Waals surface area contributed by atoms with Crippen LogP contribution in [0.25, 0.3) is 0 Å². The smallest absolute Gasteiger partial charge is 0.339 e. The molecule has 0 saturated carbocycles. The molecule has 0 radical (unpaired) electrons. The van der Waals surface area contributed by atoms with Crippen molar-refractivity contribution in [3.63, 3.8) is 0 Å². The normalized spacial score (nSPS) is 10.5. The predicted octanol–water partition coefficient (Wildman–Crippen LogP) is 3.66. The number of aryl methyl sites for hydroxylation is 1. The Labute approximate surface area is 175 Å². The fourth-order valence-corrected chi connectivity index (χ4v) is 3.47. The molecule has 2 aromatic carbocycles. The number of thioether (sulfide) groups is 1. The van der Waals surface area contributed by atoms with E-state index in [9.17, 15) is 14.4 Å². The Kier molecular flexibility index (Phi) is 8.73. The van der Waals surface area contributed by atoms with Gasteiger partial charge in [0.25, 0.3) is 5.91 Å². The zero-order valence-electron chi connectivity index (χ0n) is 16.9. The minimum Gasteiger partial charge on any atom is -0.452 e. The Morgan fingerprint density at radius 1 is 1.00 bits per heavy atom. The van der Waals surface area contributed by atoms with E-state index in [4.69, 9.17) is 4.74 Å². The molecule has 7 heteroatoms. The van der Waals surface area contributed by atoms with Gasteiger partial charge in [-0.3, -0.25) is 9.59 Å². The highest BCUT2D eigenvalue weighted by Gasteiger charge is 2.16. The van der Waals surface area contributed by atoms with Crippen LogP contribution in [-0.2, 0) is 20.7 Å². The minimum absolute atomic E-state index is 0.0552. The van der Waals surface area contributed by atoms with Gasteiger partial charge in [-0.05, 0) is 44.0 Å². The second-order valence-corrected chi connectivity index (χ2v) is 7.66. The highest BCUT2D eigenvalue weighted by Crippen LogP contribution is 2.23. The van der Waals surface area contributed by atoms with E-state index in [1.165, 1.54) is 11.8 Å². The van der Waals surface area contributed by atoms with Crippen molar-refractivity contribution in [1.29, 1.82) is 0 Å². The molecule has 2 rings (SSSR count). The fourth-order valence-electron chi connectivity index (χ4n) is 2.61. The molecule has 0 aliphatic rings. The summed E-state index contributed by atoms with van der Waals surface area (Å²) in [4.78, 5) is 37.1. The summed E-state index contributed by atoms with van der Waals surface area (Å²) in [5.41, 5.74) is 2.05. The third kappa shape index (κ3) is 7.27. The number of hydrogen-bond acceptors (Lipinski definition) is 5. The van der Waals surface area contributed by atoms with Crippen molar-refractivity contribution < 1.29 is 19.1 Å². The second-order valence-electron chi connectivity index (χ2n) is 6.64. The number of carbonyl (C=O) groups is 3. The van der Waals surface area contributed by atoms with Crippen LogP contribution < -0.4 is 10.6 Å². The molecule has 0 bridgehead atoms. The summed E-state index contributed by atoms with van der Waals surface area (Å²) in [6.07, 6.45) is 0.783. The molecule has 154 valence electrons. The topological polar surface area (TPSA) is 84.5 Å². The van der Waals surface area contributed by atoms with Gasteiger partial charge in [0.15, 0.2) is 6.61 Å². The van der Waals surface area contributed by atoms with E-state index in [0.717, 1.165) is 12.0 Å². The molecule has 6 nitrogen and oxygen atoms in total. The molecule has 0 heterocycles. The molecule has 2 N–H and O–H groups in total. The Balaban J connectivity index is 1.93. The third-order valence-corrected chi connectivity index (χ3v) is 5.00. The quantitative estimate of drug-likeness (QED) is 0.483. The van der Waals surface area contributed by atoms with E-state index in [-0.39, 0.29) is 24.3 Å². The average Bonchev–Trinajstić information content (AvgIpc) is 2.70. The Morgan fingerprint density at radius 2 is 1.69 bits per heavy atom. The number of amides is 2. The summed E-state index contributed by atoms with van der Waals surface area (Å²) in [6, 6.07) is 14.4. The maximum absolute atomic E-state index is 12.5. The summed E-state index contributed by atoms with van der Waals surface area (Å²) in [5.74, 6) is -0.921. The van der Waals surface area contributed by atoms with Crippen molar-refractivity contribution in [1.82, 2.24) is 5.32 Å². The molecule has 0 saturated heterocycles. The van der Waals surface area contributed by atoms with E-state index in [2.05, 4.69) is 10.6 Å². The molecule has 0 fully saturated rings. The molecule has 0 aliphatic heterocycles. The summed E-state index contributed by atoms with van der Waals surface area (Å²) >= 11 is 1.25. The molecule has 0 unspecified atom stereocenters. The van der Waals surface area contributed by atoms with Crippen LogP contribution in [0, 0.1) is 0 Å². The van der Waals surface area contributed by atoms with Gasteiger partial charge >= 0.3 is 5.97 Å². The molecule has 0 spiro atoms. The fraction of sp³-hybridized carbons (Fsp3) is 0.318. The Hall–Kier alpha value is -2.80. The number of hydrogen-bond donors (Lipinski definition) is 2. The lowest BCUT2D eigenvalue weighted by molar-refractivity contribution is -0.119. The zero-order valence-corrected chi connectivity index (χ0v) is 17.7. The van der Waals surface area contributed by atoms with Crippen LogP contribution in [0.3, 0.4) is 0 Å². The van der Waals surface area contributed by atoms with E-state index in [0.29, 0.717) is 16.1 Å². The molecule has 0 aliphatic carbocycles. The first-order valence-corrected chi connectivity index (χ1v) is 10.4. The van der Waals surface area contributed by atoms with Gasteiger partial charge in [-0.25, -0.2) is 4.79 Å². The van der Waals surface area contributed by atoms with E-state index >= 15 is 0 Å². The number of benzene rings is 2. The maximum Gasteiger partial charge on any atom is 0.339 e. The summed E-state index contributed by atoms with van der Waals surface area (Å²) < 4.78 is 5.18. The van der Waals surface area contributed by atoms with Crippen LogP contribution in [0.15, 0.2) is 53.4 Å². The van der Waals surface area contributed by atoms with Crippen LogP contribution >= 0.6 is 11.8 Å². The van der Waals surface area contributed by atoms with Gasteiger partial charge in [-0.15, -0.1) is 11.8 Å². The number of para-hydroxylation sites is 1. The molecule has 29 heavy (non-hydrogen) atoms. The molecule has 0 atom stereocenters. The second kappa shape index (κ2) is 11.3. The van der Waals surface area contributed by atoms with Gasteiger partial charge in [0, 0.05) is 16.6 Å². The highest BCUT2D eigenvalue weighted by molar-refractivity contribution is 8.00. The van der Waals surface area contributed by atoms with Crippen molar-refractivity contribution >= 4 is 35.2 Å². The van der Waals surface area contributed by atoms with Gasteiger partial charge in [0.2, 0.25) is 5.91 Å². The monoisotopic (exact) mass is 414 g/mol. The first-order valence-electron chi connectivity index (χ1n) is 9.46. The Morgan fingerprint density at radius 3 is 2.41 bits per heavy atom. The standard InChI is InChI=1S/C22H26N2O4S/c1-4-16-9-5-7-11-18(16)24-20(25)13-28-22(27)17-10-6-8-12-19(17)29-14-21(26)23-15(2)3/h5-12,15H,4,13-14H2,1-3H3,(H,23,26)(H,24,25). The molecular formula is C22H26N2O4S. The maximum atomic E-state index is 12.5. The van der Waals surface area contributed by atoms with Crippen LogP contribution in [0.2, 0.25) is 0 Å². The number of carbonyl (C=O) groups excluding carboxylic acids is 3. The van der Waals surface area contributed by atoms with Crippen LogP contribution in [0.5, 0.6) is 0 Å². The molecule has 2 aromatic rings. The van der Waals surface area contributed by atoms with E-state index < -0.39 is 11.9 Å². The van der Waals surface area contributed by atoms with E-state index in [1.807, 2.05) is 45.0 Å².